The Labute approximate surface area is 132 Å². The number of fused-ring (bicyclic) bond motifs is 9. The number of allylic oxidation sites excluding steroid dienone is 2. The molecule has 2 heterocycles. The average Bonchev–Trinajstić information content (AvgIpc) is 3.30. The maximum atomic E-state index is 12.8. The van der Waals surface area contributed by atoms with E-state index >= 15 is 0 Å². The minimum Gasteiger partial charge on any atom is -0.459 e. The summed E-state index contributed by atoms with van der Waals surface area (Å²) in [6, 6.07) is 0. The topological polar surface area (TPSA) is 35.5 Å². The van der Waals surface area contributed by atoms with Crippen molar-refractivity contribution in [1.29, 1.82) is 0 Å². The third-order valence-electron chi connectivity index (χ3n) is 7.39. The van der Waals surface area contributed by atoms with E-state index in [4.69, 9.17) is 9.47 Å². The fraction of sp³-hybridized carbons (Fsp3) is 0.842. The molecule has 2 aliphatic heterocycles. The highest BCUT2D eigenvalue weighted by Gasteiger charge is 2.64. The van der Waals surface area contributed by atoms with Gasteiger partial charge in [0.2, 0.25) is 0 Å². The molecule has 4 bridgehead atoms. The number of hydrogen-bond acceptors (Lipinski definition) is 3. The minimum absolute atomic E-state index is 0.00280. The van der Waals surface area contributed by atoms with Gasteiger partial charge in [-0.3, -0.25) is 4.79 Å². The largest absolute Gasteiger partial charge is 0.459 e. The first kappa shape index (κ1) is 13.6. The molecule has 0 radical (unpaired) electrons. The van der Waals surface area contributed by atoms with Crippen LogP contribution < -0.4 is 0 Å². The molecule has 3 nitrogen and oxygen atoms in total. The highest BCUT2D eigenvalue weighted by Crippen LogP contribution is 2.61. The van der Waals surface area contributed by atoms with E-state index in [-0.39, 0.29) is 23.6 Å². The lowest BCUT2D eigenvalue weighted by molar-refractivity contribution is -0.167. The van der Waals surface area contributed by atoms with E-state index in [1.165, 1.54) is 19.3 Å². The molecule has 5 aliphatic rings. The number of carbonyl (C=O) groups excluding carboxylic acids is 1. The summed E-state index contributed by atoms with van der Waals surface area (Å²) in [5, 5.41) is 0. The van der Waals surface area contributed by atoms with Gasteiger partial charge in [-0.05, 0) is 68.6 Å². The molecule has 2 saturated carbocycles. The van der Waals surface area contributed by atoms with Crippen LogP contribution in [0, 0.1) is 29.6 Å². The normalized spacial score (nSPS) is 49.8. The Bertz CT molecular complexity index is 519. The second kappa shape index (κ2) is 4.59. The molecule has 7 unspecified atom stereocenters. The van der Waals surface area contributed by atoms with E-state index in [9.17, 15) is 4.79 Å². The molecule has 4 fully saturated rings. The molecular weight excluding hydrogens is 276 g/mol. The number of carbonyl (C=O) groups is 1. The lowest BCUT2D eigenvalue weighted by atomic mass is 9.69. The highest BCUT2D eigenvalue weighted by molar-refractivity contribution is 5.74. The first-order chi connectivity index (χ1) is 10.7. The molecule has 0 amide bonds. The summed E-state index contributed by atoms with van der Waals surface area (Å²) in [6.45, 7) is 2.16. The van der Waals surface area contributed by atoms with Crippen molar-refractivity contribution in [3.63, 3.8) is 0 Å². The zero-order valence-electron chi connectivity index (χ0n) is 13.4. The van der Waals surface area contributed by atoms with Crippen molar-refractivity contribution >= 4 is 5.97 Å². The van der Waals surface area contributed by atoms with Crippen molar-refractivity contribution in [1.82, 2.24) is 0 Å². The van der Waals surface area contributed by atoms with Gasteiger partial charge in [-0.2, -0.15) is 0 Å². The molecule has 22 heavy (non-hydrogen) atoms. The lowest BCUT2D eigenvalue weighted by Gasteiger charge is -2.35. The summed E-state index contributed by atoms with van der Waals surface area (Å²) in [6.07, 6.45) is 12.9. The number of rotatable bonds is 3. The number of ether oxygens (including phenoxy) is 2. The van der Waals surface area contributed by atoms with E-state index in [1.54, 1.807) is 0 Å². The molecule has 0 aromatic heterocycles. The molecule has 7 atom stereocenters. The Morgan fingerprint density at radius 3 is 2.64 bits per heavy atom. The van der Waals surface area contributed by atoms with Gasteiger partial charge >= 0.3 is 5.97 Å². The van der Waals surface area contributed by atoms with Crippen LogP contribution in [0.3, 0.4) is 0 Å². The van der Waals surface area contributed by atoms with Crippen molar-refractivity contribution in [2.24, 2.45) is 29.6 Å². The summed E-state index contributed by atoms with van der Waals surface area (Å²) in [5.74, 6) is 2.71. The molecule has 3 aliphatic carbocycles. The van der Waals surface area contributed by atoms with Gasteiger partial charge < -0.3 is 9.47 Å². The quantitative estimate of drug-likeness (QED) is 0.591. The van der Waals surface area contributed by atoms with E-state index < -0.39 is 0 Å². The van der Waals surface area contributed by atoms with Crippen molar-refractivity contribution in [2.75, 3.05) is 0 Å². The van der Waals surface area contributed by atoms with Crippen LogP contribution in [0.1, 0.15) is 51.9 Å². The molecule has 2 saturated heterocycles. The summed E-state index contributed by atoms with van der Waals surface area (Å²) >= 11 is 0. The molecule has 0 spiro atoms. The molecule has 120 valence electrons. The Morgan fingerprint density at radius 1 is 1.18 bits per heavy atom. The van der Waals surface area contributed by atoms with Gasteiger partial charge in [0.1, 0.15) is 5.60 Å². The van der Waals surface area contributed by atoms with Crippen molar-refractivity contribution in [2.45, 2.75) is 69.7 Å². The van der Waals surface area contributed by atoms with Gasteiger partial charge in [0.25, 0.3) is 0 Å². The van der Waals surface area contributed by atoms with Crippen LogP contribution >= 0.6 is 0 Å². The fourth-order valence-electron chi connectivity index (χ4n) is 6.29. The summed E-state index contributed by atoms with van der Waals surface area (Å²) < 4.78 is 12.3. The monoisotopic (exact) mass is 302 g/mol. The molecule has 5 rings (SSSR count). The zero-order valence-corrected chi connectivity index (χ0v) is 13.4. The van der Waals surface area contributed by atoms with Crippen molar-refractivity contribution in [3.05, 3.63) is 12.2 Å². The second-order valence-electron chi connectivity index (χ2n) is 8.25. The molecule has 0 N–H and O–H groups in total. The molecule has 3 heteroatoms. The van der Waals surface area contributed by atoms with Crippen LogP contribution in [0.5, 0.6) is 0 Å². The third-order valence-corrected chi connectivity index (χ3v) is 7.39. The summed E-state index contributed by atoms with van der Waals surface area (Å²) in [5.41, 5.74) is -0.160. The minimum atomic E-state index is -0.160. The highest BCUT2D eigenvalue weighted by atomic mass is 16.6. The third kappa shape index (κ3) is 1.69. The number of hydrogen-bond donors (Lipinski definition) is 0. The SMILES string of the molecule is CCC1(OC(=O)C2CC3OC2C2C4C=CC(C4)C32)CCCC1. The Hall–Kier alpha value is -0.830. The van der Waals surface area contributed by atoms with Gasteiger partial charge in [0, 0.05) is 0 Å². The van der Waals surface area contributed by atoms with Gasteiger partial charge in [-0.15, -0.1) is 0 Å². The van der Waals surface area contributed by atoms with Gasteiger partial charge in [-0.1, -0.05) is 19.1 Å². The Balaban J connectivity index is 1.33. The molecule has 0 aromatic rings. The Kier molecular flexibility index (Phi) is 2.84. The standard InChI is InChI=1S/C19H26O3/c1-2-19(7-3-4-8-19)22-18(20)13-10-14-15-11-5-6-12(9-11)16(15)17(13)21-14/h5-6,11-17H,2-4,7-10H2,1H3. The summed E-state index contributed by atoms with van der Waals surface area (Å²) in [4.78, 5) is 12.8. The fourth-order valence-corrected chi connectivity index (χ4v) is 6.29. The van der Waals surface area contributed by atoms with Crippen LogP contribution in [0.15, 0.2) is 12.2 Å². The predicted octanol–water partition coefficient (Wildman–Crippen LogP) is 3.48. The van der Waals surface area contributed by atoms with E-state index in [1.807, 2.05) is 0 Å². The van der Waals surface area contributed by atoms with Crippen molar-refractivity contribution in [3.8, 4) is 0 Å². The first-order valence-corrected chi connectivity index (χ1v) is 9.27. The smallest absolute Gasteiger partial charge is 0.312 e. The van der Waals surface area contributed by atoms with E-state index in [0.717, 1.165) is 31.6 Å². The van der Waals surface area contributed by atoms with Crippen LogP contribution in [0.4, 0.5) is 0 Å². The maximum absolute atomic E-state index is 12.8. The second-order valence-corrected chi connectivity index (χ2v) is 8.25. The number of esters is 1. The van der Waals surface area contributed by atoms with Gasteiger partial charge in [0.15, 0.2) is 0 Å². The molecular formula is C19H26O3. The maximum Gasteiger partial charge on any atom is 0.312 e. The van der Waals surface area contributed by atoms with Gasteiger partial charge in [0.05, 0.1) is 18.1 Å². The van der Waals surface area contributed by atoms with E-state index in [0.29, 0.717) is 23.9 Å². The van der Waals surface area contributed by atoms with Crippen LogP contribution in [0.25, 0.3) is 0 Å². The van der Waals surface area contributed by atoms with Crippen LogP contribution in [-0.4, -0.2) is 23.8 Å². The predicted molar refractivity (Wildman–Crippen MR) is 82.1 cm³/mol. The summed E-state index contributed by atoms with van der Waals surface area (Å²) in [7, 11) is 0. The van der Waals surface area contributed by atoms with Crippen LogP contribution in [0.2, 0.25) is 0 Å². The van der Waals surface area contributed by atoms with E-state index in [2.05, 4.69) is 19.1 Å². The van der Waals surface area contributed by atoms with Crippen molar-refractivity contribution < 1.29 is 14.3 Å². The lowest BCUT2D eigenvalue weighted by Crippen LogP contribution is -2.42. The first-order valence-electron chi connectivity index (χ1n) is 9.27. The molecule has 0 aromatic carbocycles. The van der Waals surface area contributed by atoms with Gasteiger partial charge in [-0.25, -0.2) is 0 Å². The zero-order chi connectivity index (χ0) is 14.9. The average molecular weight is 302 g/mol. The van der Waals surface area contributed by atoms with Crippen LogP contribution in [-0.2, 0) is 14.3 Å². The Morgan fingerprint density at radius 2 is 1.91 bits per heavy atom.